The summed E-state index contributed by atoms with van der Waals surface area (Å²) in [5, 5.41) is 6.45. The van der Waals surface area contributed by atoms with Crippen LogP contribution < -0.4 is 15.5 Å². The molecule has 0 radical (unpaired) electrons. The number of anilines is 2. The number of amides is 4. The summed E-state index contributed by atoms with van der Waals surface area (Å²) >= 11 is 0. The zero-order valence-corrected chi connectivity index (χ0v) is 31.6. The van der Waals surface area contributed by atoms with Crippen molar-refractivity contribution in [3.05, 3.63) is 88.7 Å². The number of hydrogen-bond donors (Lipinski definition) is 3. The molecule has 0 aliphatic carbocycles. The van der Waals surface area contributed by atoms with E-state index in [1.165, 1.54) is 17.7 Å². The minimum Gasteiger partial charge on any atom is -0.371 e. The predicted octanol–water partition coefficient (Wildman–Crippen LogP) is 5.44. The zero-order valence-electron chi connectivity index (χ0n) is 31.6. The van der Waals surface area contributed by atoms with Gasteiger partial charge in [-0.05, 0) is 119 Å². The molecular formula is C43H50N8O4. The van der Waals surface area contributed by atoms with Crippen LogP contribution in [0.5, 0.6) is 0 Å². The monoisotopic (exact) mass is 742 g/mol. The van der Waals surface area contributed by atoms with Crippen LogP contribution in [-0.4, -0.2) is 101 Å². The second kappa shape index (κ2) is 14.9. The molecular weight excluding hydrogens is 693 g/mol. The summed E-state index contributed by atoms with van der Waals surface area (Å²) in [7, 11) is 2.17. The molecule has 2 aromatic heterocycles. The van der Waals surface area contributed by atoms with E-state index >= 15 is 0 Å². The van der Waals surface area contributed by atoms with E-state index in [0.29, 0.717) is 47.8 Å². The van der Waals surface area contributed by atoms with Crippen LogP contribution in [0.15, 0.2) is 60.8 Å². The number of carbonyl (C=O) groups is 4. The zero-order chi connectivity index (χ0) is 37.6. The molecule has 4 aromatic rings. The summed E-state index contributed by atoms with van der Waals surface area (Å²) in [6.45, 7) is 6.66. The second-order valence-corrected chi connectivity index (χ2v) is 16.3. The van der Waals surface area contributed by atoms with Crippen molar-refractivity contribution < 1.29 is 19.2 Å². The molecule has 3 N–H and O–H groups in total. The van der Waals surface area contributed by atoms with Crippen LogP contribution in [0, 0.1) is 5.92 Å². The lowest BCUT2D eigenvalue weighted by Gasteiger charge is -2.39. The van der Waals surface area contributed by atoms with E-state index in [9.17, 15) is 19.2 Å². The van der Waals surface area contributed by atoms with Gasteiger partial charge in [-0.25, -0.2) is 4.98 Å². The van der Waals surface area contributed by atoms with Crippen LogP contribution in [-0.2, 0) is 16.1 Å². The molecule has 55 heavy (non-hydrogen) atoms. The lowest BCUT2D eigenvalue weighted by molar-refractivity contribution is -0.136. The lowest BCUT2D eigenvalue weighted by atomic mass is 9.88. The number of aromatic nitrogens is 2. The molecule has 9 rings (SSSR count). The Morgan fingerprint density at radius 2 is 1.69 bits per heavy atom. The van der Waals surface area contributed by atoms with Gasteiger partial charge < -0.3 is 25.0 Å². The number of fused-ring (bicyclic) bond motifs is 2. The smallest absolute Gasteiger partial charge is 0.256 e. The number of likely N-dealkylation sites (tertiary alicyclic amines) is 2. The van der Waals surface area contributed by atoms with E-state index in [0.717, 1.165) is 93.5 Å². The number of nitrogens with one attached hydrogen (secondary N) is 3. The van der Waals surface area contributed by atoms with Crippen molar-refractivity contribution >= 4 is 46.0 Å². The van der Waals surface area contributed by atoms with Crippen molar-refractivity contribution in [1.29, 1.82) is 0 Å². The van der Waals surface area contributed by atoms with Gasteiger partial charge in [0.2, 0.25) is 11.8 Å². The molecule has 0 spiro atoms. The highest BCUT2D eigenvalue weighted by molar-refractivity contribution is 6.06. The van der Waals surface area contributed by atoms with Gasteiger partial charge >= 0.3 is 0 Å². The molecule has 1 unspecified atom stereocenters. The molecule has 0 bridgehead atoms. The molecule has 2 aromatic carbocycles. The fourth-order valence-electron chi connectivity index (χ4n) is 9.73. The minimum absolute atomic E-state index is 0.119. The highest BCUT2D eigenvalue weighted by atomic mass is 16.2. The van der Waals surface area contributed by atoms with Gasteiger partial charge in [-0.15, -0.1) is 0 Å². The normalized spacial score (nSPS) is 23.1. The van der Waals surface area contributed by atoms with E-state index < -0.39 is 6.04 Å². The molecule has 0 saturated carbocycles. The third-order valence-corrected chi connectivity index (χ3v) is 12.9. The molecule has 2 atom stereocenters. The van der Waals surface area contributed by atoms with Crippen LogP contribution in [0.3, 0.4) is 0 Å². The Morgan fingerprint density at radius 1 is 0.891 bits per heavy atom. The van der Waals surface area contributed by atoms with Gasteiger partial charge in [0, 0.05) is 84.4 Å². The summed E-state index contributed by atoms with van der Waals surface area (Å²) in [6.07, 6.45) is 9.24. The number of rotatable bonds is 8. The first-order chi connectivity index (χ1) is 26.8. The van der Waals surface area contributed by atoms with Crippen molar-refractivity contribution in [3.63, 3.8) is 0 Å². The Balaban J connectivity index is 0.741. The Labute approximate surface area is 321 Å². The summed E-state index contributed by atoms with van der Waals surface area (Å²) in [5.74, 6) is 0.754. The van der Waals surface area contributed by atoms with Crippen molar-refractivity contribution in [2.45, 2.75) is 75.9 Å². The molecule has 4 amide bonds. The summed E-state index contributed by atoms with van der Waals surface area (Å²) in [6, 6.07) is 18.0. The average molecular weight is 743 g/mol. The standard InChI is InChI=1S/C43H50N8O4/c1-48-17-3-6-37(48)35-22-31-24-44-39(23-34(31)45-35)46-41(53)30-9-7-28(8-10-30)29-15-18-49(19-16-29)25-27-13-20-50(21-14-27)36-5-2-4-32-33(36)26-51(43(32)55)38-11-12-40(52)47-42(38)54/h2,4-5,7-10,22-24,27,29,37-38,45H,3,6,11-21,25-26H2,1H3,(H,44,46,53)(H,47,52,54)/t37-,38?/m1/s1. The number of hydrogen-bond acceptors (Lipinski definition) is 8. The molecule has 7 heterocycles. The van der Waals surface area contributed by atoms with E-state index in [4.69, 9.17) is 0 Å². The van der Waals surface area contributed by atoms with E-state index in [1.54, 1.807) is 4.90 Å². The molecule has 4 fully saturated rings. The molecule has 4 saturated heterocycles. The van der Waals surface area contributed by atoms with Gasteiger partial charge in [0.05, 0.1) is 5.52 Å². The summed E-state index contributed by atoms with van der Waals surface area (Å²) < 4.78 is 0. The largest absolute Gasteiger partial charge is 0.371 e. The number of carbonyl (C=O) groups excluding carboxylic acids is 4. The van der Waals surface area contributed by atoms with Gasteiger partial charge in [0.1, 0.15) is 11.9 Å². The first kappa shape index (κ1) is 35.6. The molecule has 5 aliphatic rings. The average Bonchev–Trinajstić information content (AvgIpc) is 3.92. The molecule has 12 heteroatoms. The van der Waals surface area contributed by atoms with E-state index in [1.807, 2.05) is 36.5 Å². The molecule has 12 nitrogen and oxygen atoms in total. The van der Waals surface area contributed by atoms with Crippen molar-refractivity contribution in [2.24, 2.45) is 5.92 Å². The van der Waals surface area contributed by atoms with Crippen molar-refractivity contribution in [1.82, 2.24) is 30.0 Å². The fraction of sp³-hybridized carbons (Fsp3) is 0.465. The molecule has 5 aliphatic heterocycles. The quantitative estimate of drug-likeness (QED) is 0.204. The molecule has 286 valence electrons. The van der Waals surface area contributed by atoms with Gasteiger partial charge in [-0.3, -0.25) is 29.4 Å². The van der Waals surface area contributed by atoms with Gasteiger partial charge in [-0.1, -0.05) is 18.2 Å². The van der Waals surface area contributed by atoms with Crippen molar-refractivity contribution in [2.75, 3.05) is 56.5 Å². The van der Waals surface area contributed by atoms with Crippen LogP contribution in [0.25, 0.3) is 10.9 Å². The van der Waals surface area contributed by atoms with Crippen molar-refractivity contribution in [3.8, 4) is 0 Å². The maximum Gasteiger partial charge on any atom is 0.256 e. The van der Waals surface area contributed by atoms with Crippen LogP contribution in [0.2, 0.25) is 0 Å². The fourth-order valence-corrected chi connectivity index (χ4v) is 9.73. The third kappa shape index (κ3) is 7.13. The SMILES string of the molecule is CN1CCC[C@@H]1c1cc2cnc(NC(=O)c3ccc(C4CCN(CC5CCN(c6cccc7c6CN(C6CCC(=O)NC6=O)C7=O)CC5)CC4)cc3)cc2[nH]1. The van der Waals surface area contributed by atoms with E-state index in [2.05, 4.69) is 66.6 Å². The van der Waals surface area contributed by atoms with Crippen LogP contribution in [0.4, 0.5) is 11.5 Å². The first-order valence-electron chi connectivity index (χ1n) is 20.1. The van der Waals surface area contributed by atoms with Crippen LogP contribution in [0.1, 0.15) is 101 Å². The second-order valence-electron chi connectivity index (χ2n) is 16.3. The number of imide groups is 1. The third-order valence-electron chi connectivity index (χ3n) is 12.9. The van der Waals surface area contributed by atoms with E-state index in [-0.39, 0.29) is 30.0 Å². The number of pyridine rings is 1. The minimum atomic E-state index is -0.598. The first-order valence-corrected chi connectivity index (χ1v) is 20.1. The predicted molar refractivity (Wildman–Crippen MR) is 211 cm³/mol. The summed E-state index contributed by atoms with van der Waals surface area (Å²) in [4.78, 5) is 67.9. The Bertz CT molecular complexity index is 2110. The van der Waals surface area contributed by atoms with Gasteiger partial charge in [0.25, 0.3) is 11.8 Å². The van der Waals surface area contributed by atoms with Gasteiger partial charge in [0.15, 0.2) is 0 Å². The van der Waals surface area contributed by atoms with Crippen LogP contribution >= 0.6 is 0 Å². The lowest BCUT2D eigenvalue weighted by Crippen LogP contribution is -2.52. The number of piperidine rings is 3. The topological polar surface area (TPSA) is 134 Å². The Morgan fingerprint density at radius 3 is 2.44 bits per heavy atom. The number of benzene rings is 2. The number of H-pyrrole nitrogens is 1. The maximum absolute atomic E-state index is 13.3. The highest BCUT2D eigenvalue weighted by Crippen LogP contribution is 2.37. The maximum atomic E-state index is 13.3. The Hall–Kier alpha value is -5.07. The summed E-state index contributed by atoms with van der Waals surface area (Å²) in [5.41, 5.74) is 6.89. The number of aromatic amines is 1. The highest BCUT2D eigenvalue weighted by Gasteiger charge is 2.40. The van der Waals surface area contributed by atoms with Gasteiger partial charge in [-0.2, -0.15) is 0 Å². The number of nitrogens with zero attached hydrogens (tertiary/aromatic N) is 5. The Kier molecular flexibility index (Phi) is 9.63.